The van der Waals surface area contributed by atoms with E-state index in [1.165, 1.54) is 50.5 Å². The fourth-order valence-corrected chi connectivity index (χ4v) is 7.88. The Balaban J connectivity index is 1.53. The van der Waals surface area contributed by atoms with E-state index in [1.807, 2.05) is 6.08 Å². The molecule has 2 fully saturated rings. The highest BCUT2D eigenvalue weighted by molar-refractivity contribution is 5.91. The lowest BCUT2D eigenvalue weighted by molar-refractivity contribution is -0.116. The second-order valence-corrected chi connectivity index (χ2v) is 11.6. The first-order valence-electron chi connectivity index (χ1n) is 12.2. The van der Waals surface area contributed by atoms with Gasteiger partial charge in [0.15, 0.2) is 5.78 Å². The summed E-state index contributed by atoms with van der Waals surface area (Å²) < 4.78 is 0. The average Bonchev–Trinajstić information content (AvgIpc) is 2.99. The summed E-state index contributed by atoms with van der Waals surface area (Å²) in [4.78, 5) is 12.0. The van der Waals surface area contributed by atoms with E-state index in [9.17, 15) is 4.79 Å². The van der Waals surface area contributed by atoms with E-state index in [2.05, 4.69) is 40.7 Å². The highest BCUT2D eigenvalue weighted by Gasteiger charge is 2.56. The second-order valence-electron chi connectivity index (χ2n) is 11.6. The predicted molar refractivity (Wildman–Crippen MR) is 118 cm³/mol. The van der Waals surface area contributed by atoms with Gasteiger partial charge in [-0.05, 0) is 85.0 Å². The van der Waals surface area contributed by atoms with E-state index in [-0.39, 0.29) is 5.41 Å². The molecule has 0 aliphatic heterocycles. The van der Waals surface area contributed by atoms with Gasteiger partial charge in [0, 0.05) is 6.42 Å². The Morgan fingerprint density at radius 1 is 1.04 bits per heavy atom. The van der Waals surface area contributed by atoms with E-state index in [4.69, 9.17) is 0 Å². The highest BCUT2D eigenvalue weighted by Crippen LogP contribution is 2.66. The van der Waals surface area contributed by atoms with Gasteiger partial charge in [0.25, 0.3) is 0 Å². The molecule has 6 unspecified atom stereocenters. The zero-order valence-electron chi connectivity index (χ0n) is 19.0. The third kappa shape index (κ3) is 3.25. The van der Waals surface area contributed by atoms with Crippen molar-refractivity contribution in [2.75, 3.05) is 0 Å². The van der Waals surface area contributed by atoms with Crippen LogP contribution in [0.2, 0.25) is 0 Å². The minimum absolute atomic E-state index is 0.264. The van der Waals surface area contributed by atoms with Gasteiger partial charge in [0.05, 0.1) is 0 Å². The third-order valence-corrected chi connectivity index (χ3v) is 9.60. The van der Waals surface area contributed by atoms with E-state index >= 15 is 0 Å². The fourth-order valence-electron chi connectivity index (χ4n) is 7.88. The van der Waals surface area contributed by atoms with Crippen LogP contribution in [0.3, 0.4) is 0 Å². The molecule has 0 aromatic carbocycles. The van der Waals surface area contributed by atoms with Crippen molar-refractivity contribution in [1.82, 2.24) is 0 Å². The quantitative estimate of drug-likeness (QED) is 0.449. The number of hydrogen-bond acceptors (Lipinski definition) is 1. The first-order valence-corrected chi connectivity index (χ1v) is 12.2. The number of allylic oxidation sites excluding steroid dienone is 4. The molecule has 156 valence electrons. The molecule has 0 saturated heterocycles. The Bertz CT molecular complexity index is 682. The zero-order chi connectivity index (χ0) is 20.1. The van der Waals surface area contributed by atoms with Gasteiger partial charge in [-0.15, -0.1) is 0 Å². The van der Waals surface area contributed by atoms with E-state index in [0.717, 1.165) is 42.9 Å². The topological polar surface area (TPSA) is 17.1 Å². The maximum atomic E-state index is 12.0. The van der Waals surface area contributed by atoms with Crippen LogP contribution in [-0.4, -0.2) is 5.78 Å². The van der Waals surface area contributed by atoms with Crippen molar-refractivity contribution in [3.63, 3.8) is 0 Å². The Hall–Kier alpha value is -0.850. The van der Waals surface area contributed by atoms with Crippen molar-refractivity contribution < 1.29 is 4.79 Å². The summed E-state index contributed by atoms with van der Waals surface area (Å²) in [5, 5.41) is 0. The van der Waals surface area contributed by atoms with Crippen molar-refractivity contribution in [3.05, 3.63) is 23.3 Å². The molecule has 4 aliphatic rings. The van der Waals surface area contributed by atoms with Crippen molar-refractivity contribution in [2.24, 2.45) is 40.4 Å². The van der Waals surface area contributed by atoms with Crippen LogP contribution in [0.5, 0.6) is 0 Å². The smallest absolute Gasteiger partial charge is 0.155 e. The van der Waals surface area contributed by atoms with Gasteiger partial charge in [-0.1, -0.05) is 71.1 Å². The summed E-state index contributed by atoms with van der Waals surface area (Å²) in [6, 6.07) is 0. The van der Waals surface area contributed by atoms with Crippen LogP contribution in [0.1, 0.15) is 98.8 Å². The van der Waals surface area contributed by atoms with Crippen LogP contribution in [0.4, 0.5) is 0 Å². The number of ketones is 1. The Kier molecular flexibility index (Phi) is 5.43. The summed E-state index contributed by atoms with van der Waals surface area (Å²) in [6.45, 7) is 12.4. The van der Waals surface area contributed by atoms with E-state index < -0.39 is 0 Å². The molecule has 28 heavy (non-hydrogen) atoms. The number of fused-ring (bicyclic) bond motifs is 5. The minimum atomic E-state index is 0.264. The Morgan fingerprint density at radius 2 is 1.82 bits per heavy atom. The molecule has 0 aromatic rings. The maximum absolute atomic E-state index is 12.0. The number of rotatable bonds is 5. The van der Waals surface area contributed by atoms with E-state index in [0.29, 0.717) is 17.1 Å². The first-order chi connectivity index (χ1) is 13.3. The molecule has 0 bridgehead atoms. The van der Waals surface area contributed by atoms with Crippen molar-refractivity contribution in [3.8, 4) is 0 Å². The monoisotopic (exact) mass is 382 g/mol. The van der Waals surface area contributed by atoms with Gasteiger partial charge < -0.3 is 0 Å². The zero-order valence-corrected chi connectivity index (χ0v) is 19.0. The number of carbonyl (C=O) groups excluding carboxylic acids is 1. The summed E-state index contributed by atoms with van der Waals surface area (Å²) in [7, 11) is 0. The summed E-state index contributed by atoms with van der Waals surface area (Å²) in [5.41, 5.74) is 4.03. The molecular formula is C27H42O. The average molecular weight is 383 g/mol. The van der Waals surface area contributed by atoms with Gasteiger partial charge in [0.1, 0.15) is 0 Å². The van der Waals surface area contributed by atoms with Gasteiger partial charge in [-0.25, -0.2) is 0 Å². The molecule has 2 saturated carbocycles. The fraction of sp³-hybridized carbons (Fsp3) is 0.815. The summed E-state index contributed by atoms with van der Waals surface area (Å²) >= 11 is 0. The SMILES string of the molecule is CC(C)CCCC(C)C1CCC2C3=CCC4=CC(=O)CCC4(C)C3CCC21C. The molecule has 4 rings (SSSR count). The Labute approximate surface area is 173 Å². The summed E-state index contributed by atoms with van der Waals surface area (Å²) in [5.74, 6) is 4.49. The van der Waals surface area contributed by atoms with Gasteiger partial charge >= 0.3 is 0 Å². The van der Waals surface area contributed by atoms with Crippen molar-refractivity contribution in [1.29, 1.82) is 0 Å². The molecule has 1 heteroatoms. The molecular weight excluding hydrogens is 340 g/mol. The van der Waals surface area contributed by atoms with Gasteiger partial charge in [-0.3, -0.25) is 4.79 Å². The van der Waals surface area contributed by atoms with Crippen LogP contribution >= 0.6 is 0 Å². The third-order valence-electron chi connectivity index (χ3n) is 9.60. The largest absolute Gasteiger partial charge is 0.295 e. The molecule has 0 amide bonds. The minimum Gasteiger partial charge on any atom is -0.295 e. The molecule has 0 radical (unpaired) electrons. The normalized spacial score (nSPS) is 41.1. The molecule has 4 aliphatic carbocycles. The van der Waals surface area contributed by atoms with Gasteiger partial charge in [-0.2, -0.15) is 0 Å². The maximum Gasteiger partial charge on any atom is 0.155 e. The Morgan fingerprint density at radius 3 is 2.57 bits per heavy atom. The predicted octanol–water partition coefficient (Wildman–Crippen LogP) is 7.52. The molecule has 6 atom stereocenters. The lowest BCUT2D eigenvalue weighted by Crippen LogP contribution is -2.46. The van der Waals surface area contributed by atoms with Crippen molar-refractivity contribution in [2.45, 2.75) is 98.8 Å². The molecule has 0 spiro atoms. The summed E-state index contributed by atoms with van der Waals surface area (Å²) in [6.07, 6.45) is 17.3. The first kappa shape index (κ1) is 20.4. The second kappa shape index (κ2) is 7.44. The molecule has 0 heterocycles. The number of carbonyl (C=O) groups is 1. The lowest BCUT2D eigenvalue weighted by atomic mass is 9.50. The number of hydrogen-bond donors (Lipinski definition) is 0. The van der Waals surface area contributed by atoms with Crippen LogP contribution < -0.4 is 0 Å². The van der Waals surface area contributed by atoms with Crippen molar-refractivity contribution >= 4 is 5.78 Å². The highest BCUT2D eigenvalue weighted by atomic mass is 16.1. The lowest BCUT2D eigenvalue weighted by Gasteiger charge is -2.55. The molecule has 0 N–H and O–H groups in total. The van der Waals surface area contributed by atoms with Crippen LogP contribution in [0.25, 0.3) is 0 Å². The van der Waals surface area contributed by atoms with E-state index in [1.54, 1.807) is 5.57 Å². The molecule has 1 nitrogen and oxygen atoms in total. The van der Waals surface area contributed by atoms with Gasteiger partial charge in [0.2, 0.25) is 0 Å². The van der Waals surface area contributed by atoms with Crippen LogP contribution in [-0.2, 0) is 4.79 Å². The standard InChI is InChI=1S/C27H42O/c1-18(2)7-6-8-19(3)23-11-12-24-22-10-9-20-17-21(28)13-15-26(20,4)25(22)14-16-27(23,24)5/h10,17-19,23-25H,6-9,11-16H2,1-5H3. The van der Waals surface area contributed by atoms with Crippen LogP contribution in [0, 0.1) is 40.4 Å². The van der Waals surface area contributed by atoms with Crippen LogP contribution in [0.15, 0.2) is 23.3 Å². The molecule has 0 aromatic heterocycles.